The van der Waals surface area contributed by atoms with Crippen LogP contribution >= 0.6 is 0 Å². The first-order valence-corrected chi connectivity index (χ1v) is 9.81. The zero-order chi connectivity index (χ0) is 19.1. The zero-order valence-electron chi connectivity index (χ0n) is 16.2. The predicted molar refractivity (Wildman–Crippen MR) is 105 cm³/mol. The molecule has 7 nitrogen and oxygen atoms in total. The Kier molecular flexibility index (Phi) is 6.95. The first kappa shape index (κ1) is 19.5. The van der Waals surface area contributed by atoms with Crippen LogP contribution in [0, 0.1) is 0 Å². The first-order chi connectivity index (χ1) is 13.2. The van der Waals surface area contributed by atoms with Gasteiger partial charge in [0, 0.05) is 43.3 Å². The van der Waals surface area contributed by atoms with Crippen LogP contribution in [0.25, 0.3) is 11.4 Å². The summed E-state index contributed by atoms with van der Waals surface area (Å²) < 4.78 is 7.30. The largest absolute Gasteiger partial charge is 0.379 e. The summed E-state index contributed by atoms with van der Waals surface area (Å²) in [5.74, 6) is 0.747. The Morgan fingerprint density at radius 2 is 2.11 bits per heavy atom. The van der Waals surface area contributed by atoms with E-state index in [0.717, 1.165) is 57.1 Å². The third-order valence-corrected chi connectivity index (χ3v) is 4.97. The quantitative estimate of drug-likeness (QED) is 0.770. The highest BCUT2D eigenvalue weighted by Gasteiger charge is 2.20. The van der Waals surface area contributed by atoms with Crippen LogP contribution < -0.4 is 5.32 Å². The number of amides is 1. The lowest BCUT2D eigenvalue weighted by Crippen LogP contribution is -2.48. The van der Waals surface area contributed by atoms with Gasteiger partial charge in [0.25, 0.3) is 5.91 Å². The molecule has 0 aliphatic carbocycles. The molecule has 1 amide bonds. The number of carbonyl (C=O) groups excluding carboxylic acids is 1. The van der Waals surface area contributed by atoms with Crippen LogP contribution in [0.2, 0.25) is 0 Å². The molecule has 1 atom stereocenters. The van der Waals surface area contributed by atoms with Crippen molar-refractivity contribution in [3.8, 4) is 11.4 Å². The molecule has 27 heavy (non-hydrogen) atoms. The fourth-order valence-electron chi connectivity index (χ4n) is 3.45. The number of hydrogen-bond donors (Lipinski definition) is 1. The van der Waals surface area contributed by atoms with Crippen molar-refractivity contribution in [3.63, 3.8) is 0 Å². The van der Waals surface area contributed by atoms with Crippen molar-refractivity contribution in [1.82, 2.24) is 25.0 Å². The SMILES string of the molecule is CCCn1ncnc1-c1cccc(C(=O)NC[C@H](CC)N2CCOCC2)c1. The summed E-state index contributed by atoms with van der Waals surface area (Å²) in [6.07, 6.45) is 3.54. The van der Waals surface area contributed by atoms with E-state index in [9.17, 15) is 4.79 Å². The van der Waals surface area contributed by atoms with Gasteiger partial charge in [-0.2, -0.15) is 5.10 Å². The van der Waals surface area contributed by atoms with Gasteiger partial charge in [0.15, 0.2) is 5.82 Å². The molecule has 1 aliphatic heterocycles. The smallest absolute Gasteiger partial charge is 0.251 e. The third-order valence-electron chi connectivity index (χ3n) is 4.97. The number of aryl methyl sites for hydroxylation is 1. The maximum Gasteiger partial charge on any atom is 0.251 e. The molecule has 1 saturated heterocycles. The molecule has 1 aliphatic rings. The Hall–Kier alpha value is -2.25. The molecule has 146 valence electrons. The molecule has 3 rings (SSSR count). The van der Waals surface area contributed by atoms with Crippen LogP contribution in [0.3, 0.4) is 0 Å². The van der Waals surface area contributed by atoms with Crippen LogP contribution in [0.1, 0.15) is 37.0 Å². The summed E-state index contributed by atoms with van der Waals surface area (Å²) >= 11 is 0. The summed E-state index contributed by atoms with van der Waals surface area (Å²) in [4.78, 5) is 19.4. The van der Waals surface area contributed by atoms with E-state index >= 15 is 0 Å². The van der Waals surface area contributed by atoms with E-state index in [0.29, 0.717) is 18.2 Å². The van der Waals surface area contributed by atoms with Gasteiger partial charge in [-0.1, -0.05) is 26.0 Å². The predicted octanol–water partition coefficient (Wildman–Crippen LogP) is 2.20. The molecule has 0 saturated carbocycles. The number of benzene rings is 1. The van der Waals surface area contributed by atoms with E-state index < -0.39 is 0 Å². The standard InChI is InChI=1S/C20H29N5O2/c1-3-8-25-19(22-15-23-25)16-6-5-7-17(13-16)20(26)21-14-18(4-2)24-9-11-27-12-10-24/h5-7,13,15,18H,3-4,8-12,14H2,1-2H3,(H,21,26)/t18-/m0/s1. The number of hydrogen-bond acceptors (Lipinski definition) is 5. The lowest BCUT2D eigenvalue weighted by molar-refractivity contribution is 0.0159. The van der Waals surface area contributed by atoms with Crippen molar-refractivity contribution in [2.75, 3.05) is 32.8 Å². The van der Waals surface area contributed by atoms with E-state index in [-0.39, 0.29) is 5.91 Å². The Labute approximate surface area is 160 Å². The lowest BCUT2D eigenvalue weighted by Gasteiger charge is -2.34. The monoisotopic (exact) mass is 371 g/mol. The molecule has 0 bridgehead atoms. The molecule has 1 aromatic heterocycles. The van der Waals surface area contributed by atoms with Crippen LogP contribution in [-0.2, 0) is 11.3 Å². The van der Waals surface area contributed by atoms with E-state index in [4.69, 9.17) is 4.74 Å². The van der Waals surface area contributed by atoms with Gasteiger partial charge in [0.2, 0.25) is 0 Å². The molecule has 1 N–H and O–H groups in total. The van der Waals surface area contributed by atoms with Crippen molar-refractivity contribution >= 4 is 5.91 Å². The number of nitrogens with one attached hydrogen (secondary N) is 1. The van der Waals surface area contributed by atoms with E-state index in [1.807, 2.05) is 28.9 Å². The van der Waals surface area contributed by atoms with Crippen molar-refractivity contribution in [3.05, 3.63) is 36.2 Å². The molecule has 0 unspecified atom stereocenters. The van der Waals surface area contributed by atoms with Gasteiger partial charge in [-0.05, 0) is 25.0 Å². The Morgan fingerprint density at radius 1 is 1.30 bits per heavy atom. The second-order valence-corrected chi connectivity index (χ2v) is 6.81. The number of rotatable bonds is 8. The van der Waals surface area contributed by atoms with E-state index in [1.165, 1.54) is 0 Å². The van der Waals surface area contributed by atoms with Gasteiger partial charge in [0.05, 0.1) is 13.2 Å². The molecule has 0 spiro atoms. The van der Waals surface area contributed by atoms with Gasteiger partial charge in [-0.15, -0.1) is 0 Å². The number of aromatic nitrogens is 3. The van der Waals surface area contributed by atoms with Gasteiger partial charge >= 0.3 is 0 Å². The Morgan fingerprint density at radius 3 is 2.85 bits per heavy atom. The Bertz CT molecular complexity index is 739. The fraction of sp³-hybridized carbons (Fsp3) is 0.550. The second kappa shape index (κ2) is 9.62. The molecular weight excluding hydrogens is 342 g/mol. The minimum absolute atomic E-state index is 0.0508. The van der Waals surface area contributed by atoms with Crippen LogP contribution in [0.4, 0.5) is 0 Å². The number of morpholine rings is 1. The van der Waals surface area contributed by atoms with Gasteiger partial charge in [-0.3, -0.25) is 9.69 Å². The number of ether oxygens (including phenoxy) is 1. The number of carbonyl (C=O) groups is 1. The second-order valence-electron chi connectivity index (χ2n) is 6.81. The summed E-state index contributed by atoms with van der Waals surface area (Å²) in [5, 5.41) is 7.36. The van der Waals surface area contributed by atoms with Crippen molar-refractivity contribution in [1.29, 1.82) is 0 Å². The molecule has 7 heteroatoms. The van der Waals surface area contributed by atoms with Crippen LogP contribution in [0.15, 0.2) is 30.6 Å². The molecule has 1 fully saturated rings. The third kappa shape index (κ3) is 4.93. The highest BCUT2D eigenvalue weighted by atomic mass is 16.5. The van der Waals surface area contributed by atoms with Gasteiger partial charge < -0.3 is 10.1 Å². The normalized spacial score (nSPS) is 16.2. The maximum atomic E-state index is 12.7. The molecule has 0 radical (unpaired) electrons. The zero-order valence-corrected chi connectivity index (χ0v) is 16.2. The minimum atomic E-state index is -0.0508. The van der Waals surface area contributed by atoms with Crippen molar-refractivity contribution < 1.29 is 9.53 Å². The lowest BCUT2D eigenvalue weighted by atomic mass is 10.1. The molecule has 1 aromatic carbocycles. The first-order valence-electron chi connectivity index (χ1n) is 9.81. The molecular formula is C20H29N5O2. The van der Waals surface area contributed by atoms with Crippen LogP contribution in [-0.4, -0.2) is 64.5 Å². The highest BCUT2D eigenvalue weighted by molar-refractivity contribution is 5.95. The number of nitrogens with zero attached hydrogens (tertiary/aromatic N) is 4. The van der Waals surface area contributed by atoms with Crippen molar-refractivity contribution in [2.45, 2.75) is 39.3 Å². The maximum absolute atomic E-state index is 12.7. The highest BCUT2D eigenvalue weighted by Crippen LogP contribution is 2.18. The van der Waals surface area contributed by atoms with Gasteiger partial charge in [-0.25, -0.2) is 9.67 Å². The molecule has 2 aromatic rings. The van der Waals surface area contributed by atoms with Crippen molar-refractivity contribution in [2.24, 2.45) is 0 Å². The van der Waals surface area contributed by atoms with E-state index in [2.05, 4.69) is 34.1 Å². The van der Waals surface area contributed by atoms with Gasteiger partial charge in [0.1, 0.15) is 6.33 Å². The summed E-state index contributed by atoms with van der Waals surface area (Å²) in [7, 11) is 0. The van der Waals surface area contributed by atoms with E-state index in [1.54, 1.807) is 6.33 Å². The Balaban J connectivity index is 1.65. The average molecular weight is 371 g/mol. The topological polar surface area (TPSA) is 72.3 Å². The fourth-order valence-corrected chi connectivity index (χ4v) is 3.45. The summed E-state index contributed by atoms with van der Waals surface area (Å²) in [6.45, 7) is 9.11. The average Bonchev–Trinajstić information content (AvgIpc) is 3.18. The summed E-state index contributed by atoms with van der Waals surface area (Å²) in [6, 6.07) is 7.94. The minimum Gasteiger partial charge on any atom is -0.379 e. The molecule has 2 heterocycles. The summed E-state index contributed by atoms with van der Waals surface area (Å²) in [5.41, 5.74) is 1.56. The van der Waals surface area contributed by atoms with Crippen LogP contribution in [0.5, 0.6) is 0 Å².